The minimum Gasteiger partial charge on any atom is -0.480 e. The van der Waals surface area contributed by atoms with E-state index in [4.69, 9.17) is 4.74 Å². The Kier molecular flexibility index (Phi) is 3.89. The summed E-state index contributed by atoms with van der Waals surface area (Å²) in [6, 6.07) is 0.184. The van der Waals surface area contributed by atoms with Gasteiger partial charge in [-0.1, -0.05) is 0 Å². The Hall–Kier alpha value is -0.610. The second kappa shape index (κ2) is 4.75. The van der Waals surface area contributed by atoms with Gasteiger partial charge in [0.25, 0.3) is 0 Å². The Morgan fingerprint density at radius 2 is 2.14 bits per heavy atom. The molecule has 0 amide bonds. The zero-order valence-corrected chi connectivity index (χ0v) is 8.88. The number of hydrogen-bond donors (Lipinski definition) is 2. The quantitative estimate of drug-likeness (QED) is 0.715. The number of carboxylic acids is 1. The Balaban J connectivity index is 2.72. The number of ether oxygens (including phenoxy) is 1. The van der Waals surface area contributed by atoms with Crippen LogP contribution in [0.5, 0.6) is 0 Å². The molecule has 1 unspecified atom stereocenters. The van der Waals surface area contributed by atoms with Gasteiger partial charge in [-0.25, -0.2) is 0 Å². The van der Waals surface area contributed by atoms with Gasteiger partial charge in [0.2, 0.25) is 0 Å². The van der Waals surface area contributed by atoms with Gasteiger partial charge in [-0.3, -0.25) is 10.1 Å². The van der Waals surface area contributed by atoms with Gasteiger partial charge in [0.05, 0.1) is 0 Å². The fourth-order valence-electron chi connectivity index (χ4n) is 1.92. The summed E-state index contributed by atoms with van der Waals surface area (Å²) < 4.78 is 5.28. The molecule has 0 aliphatic carbocycles. The first-order chi connectivity index (χ1) is 6.57. The van der Waals surface area contributed by atoms with Crippen LogP contribution in [0.2, 0.25) is 0 Å². The monoisotopic (exact) mass is 201 g/mol. The fraction of sp³-hybridized carbons (Fsp3) is 0.900. The number of aliphatic carboxylic acids is 1. The summed E-state index contributed by atoms with van der Waals surface area (Å²) in [6.45, 7) is 5.15. The SMILES string of the molecule is CC(C)NC1(C(=O)O)CCCOCC1. The molecule has 4 heteroatoms. The lowest BCUT2D eigenvalue weighted by Gasteiger charge is -2.31. The fourth-order valence-corrected chi connectivity index (χ4v) is 1.92. The van der Waals surface area contributed by atoms with Crippen LogP contribution < -0.4 is 5.32 Å². The standard InChI is InChI=1S/C10H19NO3/c1-8(2)11-10(9(12)13)4-3-6-14-7-5-10/h8,11H,3-7H2,1-2H3,(H,12,13). The van der Waals surface area contributed by atoms with Gasteiger partial charge in [-0.2, -0.15) is 0 Å². The summed E-state index contributed by atoms with van der Waals surface area (Å²) in [7, 11) is 0. The Morgan fingerprint density at radius 3 is 2.71 bits per heavy atom. The normalized spacial score (nSPS) is 28.8. The predicted molar refractivity (Wildman–Crippen MR) is 53.3 cm³/mol. The van der Waals surface area contributed by atoms with Crippen LogP contribution in [-0.2, 0) is 9.53 Å². The van der Waals surface area contributed by atoms with Gasteiger partial charge in [0, 0.05) is 19.3 Å². The lowest BCUT2D eigenvalue weighted by molar-refractivity contribution is -0.146. The summed E-state index contributed by atoms with van der Waals surface area (Å²) in [4.78, 5) is 11.2. The van der Waals surface area contributed by atoms with Gasteiger partial charge < -0.3 is 9.84 Å². The molecular weight excluding hydrogens is 182 g/mol. The lowest BCUT2D eigenvalue weighted by atomic mass is 9.90. The molecule has 14 heavy (non-hydrogen) atoms. The van der Waals surface area contributed by atoms with Crippen LogP contribution in [-0.4, -0.2) is 35.9 Å². The van der Waals surface area contributed by atoms with Crippen molar-refractivity contribution in [2.45, 2.75) is 44.7 Å². The maximum Gasteiger partial charge on any atom is 0.323 e. The first kappa shape index (κ1) is 11.5. The van der Waals surface area contributed by atoms with E-state index < -0.39 is 11.5 Å². The van der Waals surface area contributed by atoms with Crippen molar-refractivity contribution < 1.29 is 14.6 Å². The molecule has 0 spiro atoms. The van der Waals surface area contributed by atoms with Crippen LogP contribution in [0.15, 0.2) is 0 Å². The van der Waals surface area contributed by atoms with Crippen molar-refractivity contribution in [1.29, 1.82) is 0 Å². The highest BCUT2D eigenvalue weighted by atomic mass is 16.5. The van der Waals surface area contributed by atoms with Crippen molar-refractivity contribution in [3.8, 4) is 0 Å². The molecule has 0 aromatic rings. The molecule has 2 N–H and O–H groups in total. The summed E-state index contributed by atoms with van der Waals surface area (Å²) in [5.41, 5.74) is -0.773. The molecule has 4 nitrogen and oxygen atoms in total. The number of hydrogen-bond acceptors (Lipinski definition) is 3. The van der Waals surface area contributed by atoms with Gasteiger partial charge in [-0.05, 0) is 33.1 Å². The van der Waals surface area contributed by atoms with E-state index in [1.54, 1.807) is 0 Å². The Morgan fingerprint density at radius 1 is 1.43 bits per heavy atom. The van der Waals surface area contributed by atoms with Crippen molar-refractivity contribution in [1.82, 2.24) is 5.32 Å². The summed E-state index contributed by atoms with van der Waals surface area (Å²) in [5, 5.41) is 12.4. The molecule has 0 saturated carbocycles. The minimum absolute atomic E-state index is 0.184. The average molecular weight is 201 g/mol. The van der Waals surface area contributed by atoms with Crippen molar-refractivity contribution in [2.75, 3.05) is 13.2 Å². The highest BCUT2D eigenvalue weighted by Gasteiger charge is 2.39. The van der Waals surface area contributed by atoms with Crippen LogP contribution in [0.1, 0.15) is 33.1 Å². The summed E-state index contributed by atoms with van der Waals surface area (Å²) in [6.07, 6.45) is 2.02. The lowest BCUT2D eigenvalue weighted by Crippen LogP contribution is -2.54. The van der Waals surface area contributed by atoms with Crippen LogP contribution in [0.3, 0.4) is 0 Å². The maximum atomic E-state index is 11.2. The van der Waals surface area contributed by atoms with Gasteiger partial charge in [0.15, 0.2) is 0 Å². The van der Waals surface area contributed by atoms with E-state index in [0.717, 1.165) is 6.42 Å². The van der Waals surface area contributed by atoms with Crippen LogP contribution in [0.25, 0.3) is 0 Å². The largest absolute Gasteiger partial charge is 0.480 e. The summed E-state index contributed by atoms with van der Waals surface area (Å²) in [5.74, 6) is -0.753. The third-order valence-electron chi connectivity index (χ3n) is 2.54. The Labute approximate surface area is 84.6 Å². The number of carboxylic acid groups (broad SMARTS) is 1. The molecule has 0 aromatic carbocycles. The molecule has 1 atom stereocenters. The maximum absolute atomic E-state index is 11.2. The highest BCUT2D eigenvalue weighted by molar-refractivity contribution is 5.78. The van der Waals surface area contributed by atoms with Gasteiger partial charge in [-0.15, -0.1) is 0 Å². The molecule has 1 fully saturated rings. The second-order valence-corrected chi connectivity index (χ2v) is 4.15. The highest BCUT2D eigenvalue weighted by Crippen LogP contribution is 2.22. The zero-order valence-electron chi connectivity index (χ0n) is 8.88. The minimum atomic E-state index is -0.773. The number of nitrogens with one attached hydrogen (secondary N) is 1. The van der Waals surface area contributed by atoms with E-state index in [0.29, 0.717) is 26.1 Å². The predicted octanol–water partition coefficient (Wildman–Crippen LogP) is 1.01. The number of rotatable bonds is 3. The van der Waals surface area contributed by atoms with Crippen molar-refractivity contribution in [2.24, 2.45) is 0 Å². The molecule has 1 saturated heterocycles. The molecule has 1 rings (SSSR count). The van der Waals surface area contributed by atoms with Crippen LogP contribution >= 0.6 is 0 Å². The third kappa shape index (κ3) is 2.69. The van der Waals surface area contributed by atoms with Crippen LogP contribution in [0, 0.1) is 0 Å². The molecule has 82 valence electrons. The average Bonchev–Trinajstić information content (AvgIpc) is 2.29. The molecule has 0 aromatic heterocycles. The second-order valence-electron chi connectivity index (χ2n) is 4.15. The van der Waals surface area contributed by atoms with E-state index in [-0.39, 0.29) is 6.04 Å². The first-order valence-corrected chi connectivity index (χ1v) is 5.16. The zero-order chi connectivity index (χ0) is 10.6. The summed E-state index contributed by atoms with van der Waals surface area (Å²) >= 11 is 0. The molecule has 0 radical (unpaired) electrons. The van der Waals surface area contributed by atoms with Crippen molar-refractivity contribution >= 4 is 5.97 Å². The van der Waals surface area contributed by atoms with Gasteiger partial charge >= 0.3 is 5.97 Å². The van der Waals surface area contributed by atoms with E-state index >= 15 is 0 Å². The Bertz CT molecular complexity index is 196. The number of carbonyl (C=O) groups is 1. The smallest absolute Gasteiger partial charge is 0.323 e. The van der Waals surface area contributed by atoms with Gasteiger partial charge in [0.1, 0.15) is 5.54 Å². The van der Waals surface area contributed by atoms with Crippen molar-refractivity contribution in [3.63, 3.8) is 0 Å². The molecule has 0 bridgehead atoms. The van der Waals surface area contributed by atoms with E-state index in [1.807, 2.05) is 13.8 Å². The molecule has 1 aliphatic heterocycles. The molecular formula is C10H19NO3. The van der Waals surface area contributed by atoms with E-state index in [9.17, 15) is 9.90 Å². The molecule has 1 aliphatic rings. The van der Waals surface area contributed by atoms with Crippen LogP contribution in [0.4, 0.5) is 0 Å². The van der Waals surface area contributed by atoms with E-state index in [1.165, 1.54) is 0 Å². The van der Waals surface area contributed by atoms with Crippen molar-refractivity contribution in [3.05, 3.63) is 0 Å². The molecule has 1 heterocycles. The van der Waals surface area contributed by atoms with E-state index in [2.05, 4.69) is 5.32 Å². The topological polar surface area (TPSA) is 58.6 Å². The first-order valence-electron chi connectivity index (χ1n) is 5.16. The third-order valence-corrected chi connectivity index (χ3v) is 2.54.